The van der Waals surface area contributed by atoms with E-state index >= 15 is 0 Å². The number of thioether (sulfide) groups is 1. The third kappa shape index (κ3) is 7.83. The van der Waals surface area contributed by atoms with Crippen LogP contribution in [0.25, 0.3) is 0 Å². The molecule has 3 N–H and O–H groups in total. The normalized spacial score (nSPS) is 14.2. The van der Waals surface area contributed by atoms with E-state index in [1.165, 1.54) is 31.4 Å². The number of carboxylic acids is 1. The monoisotopic (exact) mass is 386 g/mol. The molecule has 0 aliphatic heterocycles. The van der Waals surface area contributed by atoms with Gasteiger partial charge in [0.2, 0.25) is 11.8 Å². The van der Waals surface area contributed by atoms with Gasteiger partial charge < -0.3 is 20.5 Å². The quantitative estimate of drug-likeness (QED) is 0.567. The van der Waals surface area contributed by atoms with E-state index in [9.17, 15) is 18.8 Å². The molecule has 0 bridgehead atoms. The Hall–Kier alpha value is -2.13. The number of ether oxygens (including phenoxy) is 1. The molecule has 0 heterocycles. The Kier molecular flexibility index (Phi) is 8.53. The number of carbonyl (C=O) groups excluding carboxylic acids is 2. The van der Waals surface area contributed by atoms with Crippen molar-refractivity contribution in [1.82, 2.24) is 5.32 Å². The lowest BCUT2D eigenvalue weighted by molar-refractivity contribution is -0.139. The van der Waals surface area contributed by atoms with Crippen LogP contribution in [0.15, 0.2) is 24.3 Å². The lowest BCUT2D eigenvalue weighted by atomic mass is 9.99. The maximum atomic E-state index is 12.8. The number of halogens is 1. The van der Waals surface area contributed by atoms with Gasteiger partial charge >= 0.3 is 5.97 Å². The summed E-state index contributed by atoms with van der Waals surface area (Å²) in [5.41, 5.74) is -0.578. The average molecular weight is 386 g/mol. The molecule has 0 saturated carbocycles. The van der Waals surface area contributed by atoms with Gasteiger partial charge in [-0.05, 0) is 38.1 Å². The first-order valence-corrected chi connectivity index (χ1v) is 8.90. The third-order valence-corrected chi connectivity index (χ3v) is 4.53. The van der Waals surface area contributed by atoms with E-state index in [0.29, 0.717) is 5.69 Å². The number of methoxy groups -OCH3 is 1. The van der Waals surface area contributed by atoms with Gasteiger partial charge in [-0.3, -0.25) is 14.4 Å². The summed E-state index contributed by atoms with van der Waals surface area (Å²) < 4.78 is 17.8. The van der Waals surface area contributed by atoms with Gasteiger partial charge in [0.05, 0.1) is 29.6 Å². The van der Waals surface area contributed by atoms with Crippen LogP contribution in [0.4, 0.5) is 10.1 Å². The largest absolute Gasteiger partial charge is 0.481 e. The minimum atomic E-state index is -1.05. The zero-order valence-electron chi connectivity index (χ0n) is 14.9. The van der Waals surface area contributed by atoms with Crippen LogP contribution in [0, 0.1) is 5.82 Å². The summed E-state index contributed by atoms with van der Waals surface area (Å²) in [6.45, 7) is 3.26. The van der Waals surface area contributed by atoms with Crippen LogP contribution in [0.5, 0.6) is 0 Å². The van der Waals surface area contributed by atoms with Gasteiger partial charge in [-0.15, -0.1) is 11.8 Å². The Morgan fingerprint density at radius 1 is 1.31 bits per heavy atom. The Labute approximate surface area is 155 Å². The topological polar surface area (TPSA) is 105 Å². The number of anilines is 1. The zero-order valence-corrected chi connectivity index (χ0v) is 15.7. The lowest BCUT2D eigenvalue weighted by Crippen LogP contribution is -2.52. The standard InChI is InChI=1S/C17H23FN2O5S/c1-11(16(24)20-17(2,10-25-3)8-15(22)23)26-9-14(21)19-13-6-4-12(18)5-7-13/h4-7,11H,8-10H2,1-3H3,(H,19,21)(H,20,24)(H,22,23). The highest BCUT2D eigenvalue weighted by atomic mass is 32.2. The molecule has 7 nitrogen and oxygen atoms in total. The van der Waals surface area contributed by atoms with E-state index in [4.69, 9.17) is 9.84 Å². The summed E-state index contributed by atoms with van der Waals surface area (Å²) in [4.78, 5) is 35.1. The van der Waals surface area contributed by atoms with E-state index in [-0.39, 0.29) is 30.6 Å². The molecule has 0 saturated heterocycles. The summed E-state index contributed by atoms with van der Waals surface area (Å²) in [5, 5.41) is 13.7. The second kappa shape index (κ2) is 10.1. The van der Waals surface area contributed by atoms with Crippen LogP contribution >= 0.6 is 11.8 Å². The van der Waals surface area contributed by atoms with E-state index in [2.05, 4.69) is 10.6 Å². The first-order chi connectivity index (χ1) is 12.1. The Bertz CT molecular complexity index is 641. The maximum Gasteiger partial charge on any atom is 0.305 e. The second-order valence-electron chi connectivity index (χ2n) is 6.06. The van der Waals surface area contributed by atoms with E-state index < -0.39 is 22.6 Å². The highest BCUT2D eigenvalue weighted by Crippen LogP contribution is 2.16. The Morgan fingerprint density at radius 2 is 1.92 bits per heavy atom. The average Bonchev–Trinajstić information content (AvgIpc) is 2.53. The van der Waals surface area contributed by atoms with Crippen LogP contribution in [0.1, 0.15) is 20.3 Å². The first-order valence-electron chi connectivity index (χ1n) is 7.85. The predicted octanol–water partition coefficient (Wildman–Crippen LogP) is 1.88. The van der Waals surface area contributed by atoms with Crippen molar-refractivity contribution in [3.63, 3.8) is 0 Å². The number of nitrogens with one attached hydrogen (secondary N) is 2. The zero-order chi connectivity index (χ0) is 19.7. The molecule has 144 valence electrons. The second-order valence-corrected chi connectivity index (χ2v) is 7.39. The summed E-state index contributed by atoms with van der Waals surface area (Å²) >= 11 is 1.11. The van der Waals surface area contributed by atoms with Gasteiger partial charge in [0, 0.05) is 12.8 Å². The Morgan fingerprint density at radius 3 is 2.46 bits per heavy atom. The van der Waals surface area contributed by atoms with Crippen LogP contribution in [0.3, 0.4) is 0 Å². The van der Waals surface area contributed by atoms with Crippen LogP contribution in [-0.2, 0) is 19.1 Å². The number of amides is 2. The van der Waals surface area contributed by atoms with Crippen molar-refractivity contribution in [1.29, 1.82) is 0 Å². The highest BCUT2D eigenvalue weighted by molar-refractivity contribution is 8.01. The number of hydrogen-bond acceptors (Lipinski definition) is 5. The van der Waals surface area contributed by atoms with E-state index in [1.807, 2.05) is 0 Å². The van der Waals surface area contributed by atoms with Crippen molar-refractivity contribution in [2.24, 2.45) is 0 Å². The molecule has 1 rings (SSSR count). The minimum Gasteiger partial charge on any atom is -0.481 e. The number of benzene rings is 1. The van der Waals surface area contributed by atoms with Gasteiger partial charge in [0.15, 0.2) is 0 Å². The fourth-order valence-electron chi connectivity index (χ4n) is 2.19. The van der Waals surface area contributed by atoms with Crippen LogP contribution in [0.2, 0.25) is 0 Å². The molecule has 2 unspecified atom stereocenters. The molecule has 2 amide bonds. The molecule has 1 aromatic carbocycles. The number of carboxylic acid groups (broad SMARTS) is 1. The van der Waals surface area contributed by atoms with Crippen LogP contribution in [-0.4, -0.2) is 53.1 Å². The molecular formula is C17H23FN2O5S. The smallest absolute Gasteiger partial charge is 0.305 e. The van der Waals surface area contributed by atoms with Gasteiger partial charge in [-0.1, -0.05) is 0 Å². The summed E-state index contributed by atoms with van der Waals surface area (Å²) in [5.74, 6) is -2.14. The number of carbonyl (C=O) groups is 3. The summed E-state index contributed by atoms with van der Waals surface area (Å²) in [6.07, 6.45) is -0.283. The van der Waals surface area contributed by atoms with Crippen LogP contribution < -0.4 is 10.6 Å². The molecule has 26 heavy (non-hydrogen) atoms. The van der Waals surface area contributed by atoms with Crippen molar-refractivity contribution < 1.29 is 28.6 Å². The first kappa shape index (κ1) is 21.9. The summed E-state index contributed by atoms with van der Waals surface area (Å²) in [6, 6.07) is 5.35. The van der Waals surface area contributed by atoms with Crippen molar-refractivity contribution >= 4 is 35.2 Å². The molecule has 9 heteroatoms. The fraction of sp³-hybridized carbons (Fsp3) is 0.471. The van der Waals surface area contributed by atoms with E-state index in [1.54, 1.807) is 13.8 Å². The van der Waals surface area contributed by atoms with Gasteiger partial charge in [-0.2, -0.15) is 0 Å². The van der Waals surface area contributed by atoms with Crippen molar-refractivity contribution in [2.45, 2.75) is 31.1 Å². The number of aliphatic carboxylic acids is 1. The fourth-order valence-corrected chi connectivity index (χ4v) is 2.87. The molecule has 0 fully saturated rings. The number of rotatable bonds is 10. The highest BCUT2D eigenvalue weighted by Gasteiger charge is 2.31. The van der Waals surface area contributed by atoms with Crippen molar-refractivity contribution in [3.8, 4) is 0 Å². The van der Waals surface area contributed by atoms with Gasteiger partial charge in [0.25, 0.3) is 0 Å². The molecule has 0 radical (unpaired) electrons. The summed E-state index contributed by atoms with van der Waals surface area (Å²) in [7, 11) is 1.42. The SMILES string of the molecule is COCC(C)(CC(=O)O)NC(=O)C(C)SCC(=O)Nc1ccc(F)cc1. The third-order valence-electron chi connectivity index (χ3n) is 3.39. The molecule has 0 spiro atoms. The predicted molar refractivity (Wildman–Crippen MR) is 97.6 cm³/mol. The van der Waals surface area contributed by atoms with E-state index in [0.717, 1.165) is 11.8 Å². The molecule has 1 aromatic rings. The Balaban J connectivity index is 2.51. The van der Waals surface area contributed by atoms with Crippen molar-refractivity contribution in [3.05, 3.63) is 30.1 Å². The molecule has 2 atom stereocenters. The minimum absolute atomic E-state index is 0.0197. The molecular weight excluding hydrogens is 363 g/mol. The number of hydrogen-bond donors (Lipinski definition) is 3. The molecule has 0 aromatic heterocycles. The van der Waals surface area contributed by atoms with Gasteiger partial charge in [-0.25, -0.2) is 4.39 Å². The van der Waals surface area contributed by atoms with Gasteiger partial charge in [0.1, 0.15) is 5.82 Å². The lowest BCUT2D eigenvalue weighted by Gasteiger charge is -2.29. The van der Waals surface area contributed by atoms with Crippen molar-refractivity contribution in [2.75, 3.05) is 24.8 Å². The molecule has 0 aliphatic rings. The maximum absolute atomic E-state index is 12.8. The molecule has 0 aliphatic carbocycles.